The van der Waals surface area contributed by atoms with Gasteiger partial charge in [0.2, 0.25) is 0 Å². The zero-order chi connectivity index (χ0) is 13.1. The Kier molecular flexibility index (Phi) is 2.73. The standard InChI is InChI=1S/C11H9N7O/c19-11(8-5-12-13-6-8)15-9-2-1-3-10(4-9)18-7-14-16-17-18/h1-7H,(H,12,13)(H,15,19). The van der Waals surface area contributed by atoms with Gasteiger partial charge in [-0.05, 0) is 28.6 Å². The van der Waals surface area contributed by atoms with Gasteiger partial charge in [-0.25, -0.2) is 4.68 Å². The molecule has 0 atom stereocenters. The third-order valence-corrected chi connectivity index (χ3v) is 2.48. The number of aromatic nitrogens is 6. The first-order chi connectivity index (χ1) is 9.33. The molecule has 2 N–H and O–H groups in total. The summed E-state index contributed by atoms with van der Waals surface area (Å²) in [5.74, 6) is -0.234. The van der Waals surface area contributed by atoms with Gasteiger partial charge in [0.1, 0.15) is 6.33 Å². The van der Waals surface area contributed by atoms with Gasteiger partial charge in [-0.1, -0.05) is 6.07 Å². The molecular weight excluding hydrogens is 246 g/mol. The van der Waals surface area contributed by atoms with Crippen molar-refractivity contribution in [1.29, 1.82) is 0 Å². The van der Waals surface area contributed by atoms with Crippen LogP contribution in [0.4, 0.5) is 5.69 Å². The molecule has 3 aromatic rings. The third kappa shape index (κ3) is 2.32. The molecule has 0 spiro atoms. The number of carbonyl (C=O) groups is 1. The number of hydrogen-bond donors (Lipinski definition) is 2. The number of amides is 1. The molecule has 19 heavy (non-hydrogen) atoms. The van der Waals surface area contributed by atoms with Gasteiger partial charge in [0, 0.05) is 11.9 Å². The minimum Gasteiger partial charge on any atom is -0.322 e. The second-order valence-corrected chi connectivity index (χ2v) is 3.75. The molecule has 0 bridgehead atoms. The van der Waals surface area contributed by atoms with E-state index in [1.165, 1.54) is 23.4 Å². The maximum Gasteiger partial charge on any atom is 0.258 e. The van der Waals surface area contributed by atoms with Crippen molar-refractivity contribution in [1.82, 2.24) is 30.4 Å². The summed E-state index contributed by atoms with van der Waals surface area (Å²) in [5, 5.41) is 20.0. The number of tetrazole rings is 1. The molecule has 0 fully saturated rings. The van der Waals surface area contributed by atoms with Crippen molar-refractivity contribution in [3.8, 4) is 5.69 Å². The monoisotopic (exact) mass is 255 g/mol. The van der Waals surface area contributed by atoms with Gasteiger partial charge in [0.25, 0.3) is 5.91 Å². The van der Waals surface area contributed by atoms with Crippen LogP contribution in [0, 0.1) is 0 Å². The first-order valence-electron chi connectivity index (χ1n) is 5.46. The van der Waals surface area contributed by atoms with Gasteiger partial charge in [-0.15, -0.1) is 5.10 Å². The molecule has 0 aliphatic heterocycles. The first kappa shape index (κ1) is 11.1. The van der Waals surface area contributed by atoms with Crippen LogP contribution in [0.3, 0.4) is 0 Å². The predicted octanol–water partition coefficient (Wildman–Crippen LogP) is 0.638. The third-order valence-electron chi connectivity index (χ3n) is 2.48. The van der Waals surface area contributed by atoms with Crippen molar-refractivity contribution in [3.63, 3.8) is 0 Å². The van der Waals surface area contributed by atoms with Gasteiger partial charge in [0.15, 0.2) is 0 Å². The Labute approximate surface area is 107 Å². The van der Waals surface area contributed by atoms with Crippen molar-refractivity contribution in [3.05, 3.63) is 48.5 Å². The quantitative estimate of drug-likeness (QED) is 0.715. The molecule has 1 amide bonds. The van der Waals surface area contributed by atoms with E-state index >= 15 is 0 Å². The fourth-order valence-corrected chi connectivity index (χ4v) is 1.58. The van der Waals surface area contributed by atoms with E-state index in [1.807, 2.05) is 12.1 Å². The Balaban J connectivity index is 1.82. The molecule has 1 aromatic carbocycles. The van der Waals surface area contributed by atoms with Gasteiger partial charge < -0.3 is 5.32 Å². The Morgan fingerprint density at radius 2 is 2.32 bits per heavy atom. The minimum atomic E-state index is -0.234. The first-order valence-corrected chi connectivity index (χ1v) is 5.46. The smallest absolute Gasteiger partial charge is 0.258 e. The fourth-order valence-electron chi connectivity index (χ4n) is 1.58. The Hall–Kier alpha value is -3.03. The van der Waals surface area contributed by atoms with E-state index in [1.54, 1.807) is 12.1 Å². The van der Waals surface area contributed by atoms with Crippen molar-refractivity contribution >= 4 is 11.6 Å². The Bertz CT molecular complexity index is 675. The topological polar surface area (TPSA) is 101 Å². The van der Waals surface area contributed by atoms with Crippen molar-refractivity contribution in [2.75, 3.05) is 5.32 Å². The summed E-state index contributed by atoms with van der Waals surface area (Å²) in [5.41, 5.74) is 1.88. The van der Waals surface area contributed by atoms with Crippen LogP contribution in [0.5, 0.6) is 0 Å². The number of rotatable bonds is 3. The van der Waals surface area contributed by atoms with E-state index < -0.39 is 0 Å². The van der Waals surface area contributed by atoms with Crippen LogP contribution in [0.25, 0.3) is 5.69 Å². The molecule has 94 valence electrons. The lowest BCUT2D eigenvalue weighted by Gasteiger charge is -2.05. The highest BCUT2D eigenvalue weighted by atomic mass is 16.1. The lowest BCUT2D eigenvalue weighted by Crippen LogP contribution is -2.11. The van der Waals surface area contributed by atoms with Gasteiger partial charge >= 0.3 is 0 Å². The van der Waals surface area contributed by atoms with E-state index in [4.69, 9.17) is 0 Å². The summed E-state index contributed by atoms with van der Waals surface area (Å²) in [7, 11) is 0. The van der Waals surface area contributed by atoms with Crippen LogP contribution in [0.1, 0.15) is 10.4 Å². The van der Waals surface area contributed by atoms with E-state index in [2.05, 4.69) is 31.0 Å². The summed E-state index contributed by atoms with van der Waals surface area (Å²) < 4.78 is 1.51. The van der Waals surface area contributed by atoms with Crippen LogP contribution >= 0.6 is 0 Å². The van der Waals surface area contributed by atoms with Crippen LogP contribution in [-0.4, -0.2) is 36.3 Å². The lowest BCUT2D eigenvalue weighted by atomic mass is 10.2. The highest BCUT2D eigenvalue weighted by Crippen LogP contribution is 2.14. The average molecular weight is 255 g/mol. The summed E-state index contributed by atoms with van der Waals surface area (Å²) in [6.07, 6.45) is 4.47. The van der Waals surface area contributed by atoms with Gasteiger partial charge in [-0.3, -0.25) is 9.89 Å². The van der Waals surface area contributed by atoms with E-state index in [-0.39, 0.29) is 5.91 Å². The molecule has 2 aromatic heterocycles. The number of aromatic amines is 1. The maximum absolute atomic E-state index is 11.9. The summed E-state index contributed by atoms with van der Waals surface area (Å²) >= 11 is 0. The van der Waals surface area contributed by atoms with Gasteiger partial charge in [0.05, 0.1) is 17.4 Å². The number of nitrogens with zero attached hydrogens (tertiary/aromatic N) is 5. The molecular formula is C11H9N7O. The zero-order valence-electron chi connectivity index (χ0n) is 9.69. The molecule has 0 saturated carbocycles. The molecule has 0 unspecified atom stereocenters. The van der Waals surface area contributed by atoms with E-state index in [9.17, 15) is 4.79 Å². The molecule has 0 saturated heterocycles. The highest BCUT2D eigenvalue weighted by Gasteiger charge is 2.07. The summed E-state index contributed by atoms with van der Waals surface area (Å²) in [6.45, 7) is 0. The number of carbonyl (C=O) groups excluding carboxylic acids is 1. The lowest BCUT2D eigenvalue weighted by molar-refractivity contribution is 0.102. The number of anilines is 1. The molecule has 8 heteroatoms. The zero-order valence-corrected chi connectivity index (χ0v) is 9.69. The number of nitrogens with one attached hydrogen (secondary N) is 2. The number of H-pyrrole nitrogens is 1. The molecule has 0 radical (unpaired) electrons. The summed E-state index contributed by atoms with van der Waals surface area (Å²) in [6, 6.07) is 7.20. The molecule has 0 aliphatic rings. The average Bonchev–Trinajstić information content (AvgIpc) is 3.13. The largest absolute Gasteiger partial charge is 0.322 e. The molecule has 0 aliphatic carbocycles. The van der Waals surface area contributed by atoms with Crippen molar-refractivity contribution in [2.24, 2.45) is 0 Å². The second-order valence-electron chi connectivity index (χ2n) is 3.75. The Morgan fingerprint density at radius 1 is 1.37 bits per heavy atom. The second kappa shape index (κ2) is 4.69. The van der Waals surface area contributed by atoms with Gasteiger partial charge in [-0.2, -0.15) is 5.10 Å². The minimum absolute atomic E-state index is 0.234. The van der Waals surface area contributed by atoms with Crippen LogP contribution in [0.2, 0.25) is 0 Å². The molecule has 8 nitrogen and oxygen atoms in total. The fraction of sp³-hybridized carbons (Fsp3) is 0. The van der Waals surface area contributed by atoms with Crippen LogP contribution in [0.15, 0.2) is 43.0 Å². The van der Waals surface area contributed by atoms with Crippen molar-refractivity contribution < 1.29 is 4.79 Å². The summed E-state index contributed by atoms with van der Waals surface area (Å²) in [4.78, 5) is 11.9. The van der Waals surface area contributed by atoms with Crippen LogP contribution in [-0.2, 0) is 0 Å². The van der Waals surface area contributed by atoms with E-state index in [0.29, 0.717) is 11.3 Å². The number of benzene rings is 1. The normalized spacial score (nSPS) is 10.3. The van der Waals surface area contributed by atoms with Crippen molar-refractivity contribution in [2.45, 2.75) is 0 Å². The molecule has 2 heterocycles. The van der Waals surface area contributed by atoms with E-state index in [0.717, 1.165) is 5.69 Å². The maximum atomic E-state index is 11.9. The predicted molar refractivity (Wildman–Crippen MR) is 65.7 cm³/mol. The number of hydrogen-bond acceptors (Lipinski definition) is 5. The highest BCUT2D eigenvalue weighted by molar-refractivity contribution is 6.03. The van der Waals surface area contributed by atoms with Crippen LogP contribution < -0.4 is 5.32 Å². The Morgan fingerprint density at radius 3 is 3.05 bits per heavy atom. The molecule has 3 rings (SSSR count). The SMILES string of the molecule is O=C(Nc1cccc(-n2cnnn2)c1)c1cn[nH]c1.